The van der Waals surface area contributed by atoms with Crippen molar-refractivity contribution in [3.63, 3.8) is 0 Å². The van der Waals surface area contributed by atoms with Gasteiger partial charge < -0.3 is 13.7 Å². The number of benzene rings is 2. The maximum absolute atomic E-state index is 11.2. The Bertz CT molecular complexity index is 858. The van der Waals surface area contributed by atoms with E-state index in [1.165, 1.54) is 25.3 Å². The van der Waals surface area contributed by atoms with Crippen molar-refractivity contribution in [2.45, 2.75) is 6.61 Å². The average Bonchev–Trinajstić information content (AvgIpc) is 2.57. The zero-order chi connectivity index (χ0) is 18.3. The van der Waals surface area contributed by atoms with Crippen LogP contribution in [0.15, 0.2) is 54.6 Å². The summed E-state index contributed by atoms with van der Waals surface area (Å²) in [5.74, 6) is -0.431. The van der Waals surface area contributed by atoms with Crippen molar-refractivity contribution < 1.29 is 31.4 Å². The van der Waals surface area contributed by atoms with Crippen molar-refractivity contribution >= 4 is 22.4 Å². The Morgan fingerprint density at radius 2 is 1.80 bits per heavy atom. The summed E-state index contributed by atoms with van der Waals surface area (Å²) in [6, 6.07) is 13.6. The first-order chi connectivity index (χ1) is 11.9. The fourth-order valence-electron chi connectivity index (χ4n) is 1.92. The standard InChI is InChI=1S/C17H16O7S/c1-22-17(18)8-7-14-9-15(11-16(10-14)24-25(19,20)21)23-12-13-5-3-2-4-6-13/h2-11H,12H2,1H3,(H,19,20,21). The Balaban J connectivity index is 2.25. The highest BCUT2D eigenvalue weighted by Crippen LogP contribution is 2.25. The molecule has 7 nitrogen and oxygen atoms in total. The first kappa shape index (κ1) is 18.5. The van der Waals surface area contributed by atoms with E-state index in [9.17, 15) is 13.2 Å². The Kier molecular flexibility index (Phi) is 6.15. The van der Waals surface area contributed by atoms with Gasteiger partial charge in [-0.25, -0.2) is 4.79 Å². The smallest absolute Gasteiger partial charge is 0.446 e. The molecule has 0 amide bonds. The molecule has 0 aromatic heterocycles. The second kappa shape index (κ2) is 8.32. The molecule has 0 aliphatic rings. The van der Waals surface area contributed by atoms with Crippen molar-refractivity contribution in [2.75, 3.05) is 7.11 Å². The molecular formula is C17H16O7S. The van der Waals surface area contributed by atoms with Crippen LogP contribution in [0.25, 0.3) is 6.08 Å². The van der Waals surface area contributed by atoms with Crippen LogP contribution in [0.5, 0.6) is 11.5 Å². The first-order valence-corrected chi connectivity index (χ1v) is 8.47. The normalized spacial score (nSPS) is 11.3. The lowest BCUT2D eigenvalue weighted by molar-refractivity contribution is -0.134. The molecule has 0 radical (unpaired) electrons. The number of hydrogen-bond acceptors (Lipinski definition) is 6. The molecule has 132 valence electrons. The Labute approximate surface area is 145 Å². The number of hydrogen-bond donors (Lipinski definition) is 1. The van der Waals surface area contributed by atoms with Crippen LogP contribution in [0.2, 0.25) is 0 Å². The maximum Gasteiger partial charge on any atom is 0.446 e. The van der Waals surface area contributed by atoms with Gasteiger partial charge in [0.05, 0.1) is 7.11 Å². The molecule has 2 aromatic carbocycles. The van der Waals surface area contributed by atoms with Crippen LogP contribution >= 0.6 is 0 Å². The Morgan fingerprint density at radius 3 is 2.44 bits per heavy atom. The largest absolute Gasteiger partial charge is 0.489 e. The summed E-state index contributed by atoms with van der Waals surface area (Å²) < 4.78 is 45.2. The van der Waals surface area contributed by atoms with Gasteiger partial charge in [0.15, 0.2) is 0 Å². The first-order valence-electron chi connectivity index (χ1n) is 7.10. The topological polar surface area (TPSA) is 99.1 Å². The van der Waals surface area contributed by atoms with E-state index in [0.717, 1.165) is 11.6 Å². The molecule has 0 spiro atoms. The molecule has 0 saturated heterocycles. The Hall–Kier alpha value is -2.84. The molecule has 25 heavy (non-hydrogen) atoms. The number of carbonyl (C=O) groups excluding carboxylic acids is 1. The predicted octanol–water partition coefficient (Wildman–Crippen LogP) is 2.63. The maximum atomic E-state index is 11.2. The zero-order valence-corrected chi connectivity index (χ0v) is 14.1. The lowest BCUT2D eigenvalue weighted by atomic mass is 10.2. The molecular weight excluding hydrogens is 348 g/mol. The van der Waals surface area contributed by atoms with Gasteiger partial charge in [-0.3, -0.25) is 4.55 Å². The quantitative estimate of drug-likeness (QED) is 0.458. The van der Waals surface area contributed by atoms with E-state index in [1.54, 1.807) is 6.07 Å². The summed E-state index contributed by atoms with van der Waals surface area (Å²) in [7, 11) is -3.45. The molecule has 0 fully saturated rings. The van der Waals surface area contributed by atoms with E-state index in [4.69, 9.17) is 9.29 Å². The molecule has 0 aliphatic carbocycles. The van der Waals surface area contributed by atoms with Crippen molar-refractivity contribution in [2.24, 2.45) is 0 Å². The zero-order valence-electron chi connectivity index (χ0n) is 13.3. The molecule has 0 aliphatic heterocycles. The van der Waals surface area contributed by atoms with Crippen LogP contribution in [0.4, 0.5) is 0 Å². The molecule has 0 bridgehead atoms. The molecule has 1 N–H and O–H groups in total. The number of methoxy groups -OCH3 is 1. The second-order valence-electron chi connectivity index (χ2n) is 4.88. The van der Waals surface area contributed by atoms with E-state index < -0.39 is 16.4 Å². The highest BCUT2D eigenvalue weighted by atomic mass is 32.3. The number of esters is 1. The van der Waals surface area contributed by atoms with Gasteiger partial charge in [-0.05, 0) is 29.3 Å². The number of carbonyl (C=O) groups is 1. The molecule has 0 saturated carbocycles. The molecule has 8 heteroatoms. The van der Waals surface area contributed by atoms with Gasteiger partial charge in [0, 0.05) is 12.1 Å². The van der Waals surface area contributed by atoms with E-state index in [1.807, 2.05) is 30.3 Å². The minimum atomic E-state index is -4.69. The van der Waals surface area contributed by atoms with Gasteiger partial charge in [0.25, 0.3) is 0 Å². The van der Waals surface area contributed by atoms with Crippen molar-refractivity contribution in [1.29, 1.82) is 0 Å². The van der Waals surface area contributed by atoms with Crippen LogP contribution < -0.4 is 8.92 Å². The van der Waals surface area contributed by atoms with Crippen molar-refractivity contribution in [3.05, 3.63) is 65.7 Å². The summed E-state index contributed by atoms with van der Waals surface area (Å²) in [4.78, 5) is 11.2. The summed E-state index contributed by atoms with van der Waals surface area (Å²) in [5.41, 5.74) is 1.34. The fraction of sp³-hybridized carbons (Fsp3) is 0.118. The number of ether oxygens (including phenoxy) is 2. The third-order valence-corrected chi connectivity index (χ3v) is 3.37. The molecule has 0 atom stereocenters. The van der Waals surface area contributed by atoms with Crippen LogP contribution in [0, 0.1) is 0 Å². The minimum Gasteiger partial charge on any atom is -0.489 e. The van der Waals surface area contributed by atoms with Crippen LogP contribution in [0.1, 0.15) is 11.1 Å². The lowest BCUT2D eigenvalue weighted by Crippen LogP contribution is -2.07. The molecule has 2 rings (SSSR count). The highest BCUT2D eigenvalue weighted by Gasteiger charge is 2.10. The van der Waals surface area contributed by atoms with Gasteiger partial charge in [0.1, 0.15) is 18.1 Å². The van der Waals surface area contributed by atoms with Gasteiger partial charge in [-0.1, -0.05) is 30.3 Å². The fourth-order valence-corrected chi connectivity index (χ4v) is 2.26. The summed E-state index contributed by atoms with van der Waals surface area (Å²) >= 11 is 0. The molecule has 0 heterocycles. The number of rotatable bonds is 7. The summed E-state index contributed by atoms with van der Waals surface area (Å²) in [6.07, 6.45) is 2.56. The van der Waals surface area contributed by atoms with Gasteiger partial charge in [-0.15, -0.1) is 0 Å². The van der Waals surface area contributed by atoms with Crippen LogP contribution in [-0.4, -0.2) is 26.0 Å². The lowest BCUT2D eigenvalue weighted by Gasteiger charge is -2.10. The predicted molar refractivity (Wildman–Crippen MR) is 90.4 cm³/mol. The van der Waals surface area contributed by atoms with E-state index in [0.29, 0.717) is 11.3 Å². The third-order valence-electron chi connectivity index (χ3n) is 2.97. The monoisotopic (exact) mass is 364 g/mol. The van der Waals surface area contributed by atoms with Crippen molar-refractivity contribution in [3.8, 4) is 11.5 Å². The van der Waals surface area contributed by atoms with Crippen LogP contribution in [0.3, 0.4) is 0 Å². The van der Waals surface area contributed by atoms with Gasteiger partial charge in [0.2, 0.25) is 0 Å². The van der Waals surface area contributed by atoms with Crippen LogP contribution in [-0.2, 0) is 26.5 Å². The second-order valence-corrected chi connectivity index (χ2v) is 5.90. The van der Waals surface area contributed by atoms with Gasteiger partial charge >= 0.3 is 16.4 Å². The Morgan fingerprint density at radius 1 is 1.12 bits per heavy atom. The average molecular weight is 364 g/mol. The van der Waals surface area contributed by atoms with E-state index in [2.05, 4.69) is 8.92 Å². The highest BCUT2D eigenvalue weighted by molar-refractivity contribution is 7.81. The summed E-state index contributed by atoms with van der Waals surface area (Å²) in [5, 5.41) is 0. The van der Waals surface area contributed by atoms with E-state index >= 15 is 0 Å². The van der Waals surface area contributed by atoms with Gasteiger partial charge in [-0.2, -0.15) is 8.42 Å². The minimum absolute atomic E-state index is 0.155. The third kappa shape index (κ3) is 6.66. The SMILES string of the molecule is COC(=O)C=Cc1cc(OCc2ccccc2)cc(OS(=O)(=O)O)c1. The summed E-state index contributed by atoms with van der Waals surface area (Å²) in [6.45, 7) is 0.246. The van der Waals surface area contributed by atoms with E-state index in [-0.39, 0.29) is 12.4 Å². The van der Waals surface area contributed by atoms with Crippen molar-refractivity contribution in [1.82, 2.24) is 0 Å². The molecule has 0 unspecified atom stereocenters. The molecule has 2 aromatic rings.